The van der Waals surface area contributed by atoms with Crippen molar-refractivity contribution in [3.63, 3.8) is 0 Å². The average molecular weight is 472 g/mol. The summed E-state index contributed by atoms with van der Waals surface area (Å²) >= 11 is 0. The molecule has 10 heteroatoms. The lowest BCUT2D eigenvalue weighted by Crippen LogP contribution is -2.31. The lowest BCUT2D eigenvalue weighted by Gasteiger charge is -2.20. The Hall–Kier alpha value is -3.95. The fourth-order valence-electron chi connectivity index (χ4n) is 3.78. The van der Waals surface area contributed by atoms with Gasteiger partial charge in [-0.1, -0.05) is 24.3 Å². The van der Waals surface area contributed by atoms with E-state index in [9.17, 15) is 18.0 Å². The fourth-order valence-corrected chi connectivity index (χ4v) is 3.78. The molecule has 2 N–H and O–H groups in total. The lowest BCUT2D eigenvalue weighted by atomic mass is 10.1. The lowest BCUT2D eigenvalue weighted by molar-refractivity contribution is -0.137. The Labute approximate surface area is 193 Å². The number of carbonyl (C=O) groups is 1. The third kappa shape index (κ3) is 4.85. The molecule has 0 saturated heterocycles. The van der Waals surface area contributed by atoms with E-state index in [4.69, 9.17) is 9.47 Å². The van der Waals surface area contributed by atoms with E-state index in [0.717, 1.165) is 24.1 Å². The van der Waals surface area contributed by atoms with Crippen LogP contribution < -0.4 is 10.6 Å². The number of nitrogens with one attached hydrogen (secondary N) is 2. The summed E-state index contributed by atoms with van der Waals surface area (Å²) in [7, 11) is 3.05. The van der Waals surface area contributed by atoms with Gasteiger partial charge in [0.25, 0.3) is 0 Å². The molecule has 0 unspecified atom stereocenters. The first-order valence-electron chi connectivity index (χ1n) is 10.5. The molecule has 2 aromatic carbocycles. The van der Waals surface area contributed by atoms with Crippen molar-refractivity contribution in [3.05, 3.63) is 82.9 Å². The Morgan fingerprint density at radius 2 is 1.79 bits per heavy atom. The number of para-hydroxylation sites is 1. The van der Waals surface area contributed by atoms with E-state index >= 15 is 0 Å². The SMILES string of the molecule is COC1=CCCC(OC)=C1NC(=O)Nc1nn(Cc2ccc(C(F)(F)F)cc2)c2ccccc12. The van der Waals surface area contributed by atoms with Crippen LogP contribution in [0.25, 0.3) is 10.9 Å². The summed E-state index contributed by atoms with van der Waals surface area (Å²) in [5, 5.41) is 10.7. The maximum atomic E-state index is 12.9. The second kappa shape index (κ2) is 9.50. The highest BCUT2D eigenvalue weighted by atomic mass is 19.4. The van der Waals surface area contributed by atoms with Crippen LogP contribution in [-0.2, 0) is 22.2 Å². The van der Waals surface area contributed by atoms with Gasteiger partial charge >= 0.3 is 12.2 Å². The van der Waals surface area contributed by atoms with E-state index in [0.29, 0.717) is 40.4 Å². The Morgan fingerprint density at radius 1 is 1.06 bits per heavy atom. The number of anilines is 1. The maximum Gasteiger partial charge on any atom is 0.416 e. The first-order valence-corrected chi connectivity index (χ1v) is 10.5. The molecule has 3 aromatic rings. The molecular formula is C24H23F3N4O3. The van der Waals surface area contributed by atoms with Crippen LogP contribution in [0.5, 0.6) is 0 Å². The number of amides is 2. The van der Waals surface area contributed by atoms with E-state index in [-0.39, 0.29) is 6.54 Å². The number of aromatic nitrogens is 2. The van der Waals surface area contributed by atoms with Gasteiger partial charge in [0, 0.05) is 11.8 Å². The molecule has 1 aliphatic carbocycles. The first-order chi connectivity index (χ1) is 16.3. The van der Waals surface area contributed by atoms with Gasteiger partial charge in [0.05, 0.1) is 31.8 Å². The van der Waals surface area contributed by atoms with Gasteiger partial charge in [-0.05, 0) is 42.3 Å². The molecule has 0 aliphatic heterocycles. The smallest absolute Gasteiger partial charge is 0.416 e. The number of methoxy groups -OCH3 is 2. The minimum Gasteiger partial charge on any atom is -0.499 e. The standard InChI is InChI=1S/C24H23F3N4O3/c1-33-19-8-5-9-20(34-2)21(19)28-23(32)29-22-17-6-3-4-7-18(17)31(30-22)14-15-10-12-16(13-11-15)24(25,26)27/h3-4,6-8,10-13H,5,9,14H2,1-2H3,(H2,28,29,30,32). The summed E-state index contributed by atoms with van der Waals surface area (Å²) in [5.41, 5.74) is 1.11. The molecule has 7 nitrogen and oxygen atoms in total. The number of rotatable bonds is 6. The number of carbonyl (C=O) groups excluding carboxylic acids is 1. The molecule has 0 saturated carbocycles. The number of hydrogen-bond donors (Lipinski definition) is 2. The quantitative estimate of drug-likeness (QED) is 0.503. The number of hydrogen-bond acceptors (Lipinski definition) is 4. The molecule has 0 spiro atoms. The summed E-state index contributed by atoms with van der Waals surface area (Å²) in [6.07, 6.45) is -1.16. The zero-order valence-electron chi connectivity index (χ0n) is 18.6. The second-order valence-electron chi connectivity index (χ2n) is 7.61. The molecule has 0 radical (unpaired) electrons. The third-order valence-corrected chi connectivity index (χ3v) is 5.43. The fraction of sp³-hybridized carbons (Fsp3) is 0.250. The number of fused-ring (bicyclic) bond motifs is 1. The molecule has 34 heavy (non-hydrogen) atoms. The maximum absolute atomic E-state index is 12.9. The van der Waals surface area contributed by atoms with Crippen LogP contribution in [0.4, 0.5) is 23.8 Å². The largest absolute Gasteiger partial charge is 0.499 e. The number of alkyl halides is 3. The topological polar surface area (TPSA) is 77.4 Å². The van der Waals surface area contributed by atoms with E-state index in [1.54, 1.807) is 4.68 Å². The minimum absolute atomic E-state index is 0.234. The summed E-state index contributed by atoms with van der Waals surface area (Å²) in [6.45, 7) is 0.234. The molecule has 178 valence electrons. The van der Waals surface area contributed by atoms with Crippen LogP contribution >= 0.6 is 0 Å². The van der Waals surface area contributed by atoms with Gasteiger partial charge in [0.2, 0.25) is 0 Å². The van der Waals surface area contributed by atoms with Crippen molar-refractivity contribution >= 4 is 22.8 Å². The number of allylic oxidation sites excluding steroid dienone is 2. The van der Waals surface area contributed by atoms with Crippen molar-refractivity contribution in [1.82, 2.24) is 15.1 Å². The van der Waals surface area contributed by atoms with Crippen LogP contribution in [0, 0.1) is 0 Å². The Morgan fingerprint density at radius 3 is 2.47 bits per heavy atom. The van der Waals surface area contributed by atoms with Crippen LogP contribution in [0.1, 0.15) is 24.0 Å². The van der Waals surface area contributed by atoms with Crippen LogP contribution in [-0.4, -0.2) is 30.0 Å². The van der Waals surface area contributed by atoms with Crippen LogP contribution in [0.3, 0.4) is 0 Å². The van der Waals surface area contributed by atoms with Crippen molar-refractivity contribution in [1.29, 1.82) is 0 Å². The van der Waals surface area contributed by atoms with Gasteiger partial charge in [-0.25, -0.2) is 4.79 Å². The van der Waals surface area contributed by atoms with E-state index in [2.05, 4.69) is 15.7 Å². The molecule has 0 bridgehead atoms. The van der Waals surface area contributed by atoms with E-state index in [1.165, 1.54) is 26.4 Å². The Kier molecular flexibility index (Phi) is 6.49. The van der Waals surface area contributed by atoms with Crippen molar-refractivity contribution in [2.24, 2.45) is 0 Å². The molecule has 0 atom stereocenters. The summed E-state index contributed by atoms with van der Waals surface area (Å²) < 4.78 is 50.9. The molecule has 1 aromatic heterocycles. The van der Waals surface area contributed by atoms with Gasteiger partial charge < -0.3 is 14.8 Å². The highest BCUT2D eigenvalue weighted by Crippen LogP contribution is 2.30. The molecule has 1 heterocycles. The van der Waals surface area contributed by atoms with Gasteiger partial charge in [0.1, 0.15) is 17.2 Å². The summed E-state index contributed by atoms with van der Waals surface area (Å²) in [4.78, 5) is 12.8. The molecule has 1 aliphatic rings. The molecule has 4 rings (SSSR count). The number of urea groups is 1. The predicted octanol–water partition coefficient (Wildman–Crippen LogP) is 5.41. The van der Waals surface area contributed by atoms with Crippen LogP contribution in [0.15, 0.2) is 71.8 Å². The number of nitrogens with zero attached hydrogens (tertiary/aromatic N) is 2. The highest BCUT2D eigenvalue weighted by molar-refractivity contribution is 5.99. The van der Waals surface area contributed by atoms with Gasteiger partial charge in [-0.2, -0.15) is 18.3 Å². The average Bonchev–Trinajstić information content (AvgIpc) is 3.16. The zero-order valence-corrected chi connectivity index (χ0v) is 18.6. The van der Waals surface area contributed by atoms with Gasteiger partial charge in [0.15, 0.2) is 5.82 Å². The van der Waals surface area contributed by atoms with Crippen LogP contribution in [0.2, 0.25) is 0 Å². The third-order valence-electron chi connectivity index (χ3n) is 5.43. The van der Waals surface area contributed by atoms with E-state index < -0.39 is 17.8 Å². The Bertz CT molecular complexity index is 1260. The first kappa shape index (κ1) is 23.2. The zero-order chi connectivity index (χ0) is 24.3. The monoisotopic (exact) mass is 472 g/mol. The summed E-state index contributed by atoms with van der Waals surface area (Å²) in [5.74, 6) is 1.43. The van der Waals surface area contributed by atoms with Gasteiger partial charge in [-0.3, -0.25) is 10.00 Å². The number of ether oxygens (including phenoxy) is 2. The number of halogens is 3. The second-order valence-corrected chi connectivity index (χ2v) is 7.61. The van der Waals surface area contributed by atoms with Gasteiger partial charge in [-0.15, -0.1) is 0 Å². The predicted molar refractivity (Wildman–Crippen MR) is 121 cm³/mol. The van der Waals surface area contributed by atoms with Crippen molar-refractivity contribution in [3.8, 4) is 0 Å². The van der Waals surface area contributed by atoms with Crippen molar-refractivity contribution in [2.45, 2.75) is 25.6 Å². The van der Waals surface area contributed by atoms with E-state index in [1.807, 2.05) is 30.3 Å². The summed E-state index contributed by atoms with van der Waals surface area (Å²) in [6, 6.07) is 11.7. The number of benzene rings is 2. The molecular weight excluding hydrogens is 449 g/mol. The molecule has 2 amide bonds. The minimum atomic E-state index is -4.39. The molecule has 0 fully saturated rings. The normalized spacial score (nSPS) is 14.1. The highest BCUT2D eigenvalue weighted by Gasteiger charge is 2.30. The Balaban J connectivity index is 1.57. The van der Waals surface area contributed by atoms with Crippen molar-refractivity contribution < 1.29 is 27.4 Å². The van der Waals surface area contributed by atoms with Crippen molar-refractivity contribution in [2.75, 3.05) is 19.5 Å².